The minimum atomic E-state index is -0.315. The van der Waals surface area contributed by atoms with E-state index >= 15 is 0 Å². The van der Waals surface area contributed by atoms with Gasteiger partial charge in [-0.1, -0.05) is 23.4 Å². The predicted molar refractivity (Wildman–Crippen MR) is 103 cm³/mol. The maximum Gasteiger partial charge on any atom is 0.131 e. The molecule has 0 unspecified atom stereocenters. The summed E-state index contributed by atoms with van der Waals surface area (Å²) in [7, 11) is 1.79. The maximum absolute atomic E-state index is 13.9. The molecular formula is C19H19FN6O. The summed E-state index contributed by atoms with van der Waals surface area (Å²) in [6.07, 6.45) is 6.42. The van der Waals surface area contributed by atoms with Gasteiger partial charge in [-0.25, -0.2) is 4.39 Å². The van der Waals surface area contributed by atoms with Crippen LogP contribution in [0.1, 0.15) is 11.3 Å². The number of hydrogen-bond acceptors (Lipinski definition) is 7. The Morgan fingerprint density at radius 2 is 2.22 bits per heavy atom. The molecule has 0 aliphatic carbocycles. The summed E-state index contributed by atoms with van der Waals surface area (Å²) < 4.78 is 18.8. The molecule has 2 aromatic rings. The zero-order chi connectivity index (χ0) is 19.1. The topological polar surface area (TPSA) is 101 Å². The lowest BCUT2D eigenvalue weighted by atomic mass is 10.1. The number of rotatable bonds is 6. The molecule has 3 rings (SSSR count). The van der Waals surface area contributed by atoms with Gasteiger partial charge in [-0.05, 0) is 12.1 Å². The molecule has 138 valence electrons. The number of benzene rings is 1. The summed E-state index contributed by atoms with van der Waals surface area (Å²) in [5.41, 5.74) is 9.42. The number of nitrogens with one attached hydrogen (secondary N) is 1. The molecule has 0 amide bonds. The minimum absolute atomic E-state index is 0.146. The van der Waals surface area contributed by atoms with Gasteiger partial charge in [0.1, 0.15) is 17.8 Å². The summed E-state index contributed by atoms with van der Waals surface area (Å²) in [4.78, 5) is 13.1. The van der Waals surface area contributed by atoms with E-state index in [4.69, 9.17) is 10.3 Å². The van der Waals surface area contributed by atoms with Crippen LogP contribution in [0, 0.1) is 5.82 Å². The van der Waals surface area contributed by atoms with Gasteiger partial charge in [-0.2, -0.15) is 0 Å². The van der Waals surface area contributed by atoms with Crippen LogP contribution in [0.4, 0.5) is 4.39 Å². The van der Waals surface area contributed by atoms with Gasteiger partial charge in [0, 0.05) is 24.9 Å². The molecule has 0 bridgehead atoms. The molecule has 7 nitrogen and oxygen atoms in total. The average molecular weight is 366 g/mol. The fourth-order valence-corrected chi connectivity index (χ4v) is 2.32. The molecule has 0 atom stereocenters. The Balaban J connectivity index is 1.90. The fourth-order valence-electron chi connectivity index (χ4n) is 2.32. The average Bonchev–Trinajstić information content (AvgIpc) is 3.10. The lowest BCUT2D eigenvalue weighted by Crippen LogP contribution is -2.16. The molecule has 1 aliphatic heterocycles. The van der Waals surface area contributed by atoms with Gasteiger partial charge in [0.2, 0.25) is 0 Å². The molecule has 0 fully saturated rings. The third-order valence-corrected chi connectivity index (χ3v) is 3.82. The molecule has 2 heterocycles. The molecule has 0 spiro atoms. The number of nitrogens with two attached hydrogens (primary N) is 1. The first-order valence-electron chi connectivity index (χ1n) is 8.28. The Kier molecular flexibility index (Phi) is 5.88. The second-order valence-electron chi connectivity index (χ2n) is 5.66. The molecule has 1 aliphatic rings. The lowest BCUT2D eigenvalue weighted by Gasteiger charge is -2.05. The normalized spacial score (nSPS) is 15.2. The van der Waals surface area contributed by atoms with Gasteiger partial charge in [-0.15, -0.1) is 0 Å². The van der Waals surface area contributed by atoms with E-state index in [0.717, 1.165) is 5.70 Å². The van der Waals surface area contributed by atoms with Crippen molar-refractivity contribution in [3.05, 3.63) is 77.3 Å². The zero-order valence-electron chi connectivity index (χ0n) is 14.8. The highest BCUT2D eigenvalue weighted by molar-refractivity contribution is 6.13. The number of hydrogen-bond donors (Lipinski definition) is 2. The molecular weight excluding hydrogens is 347 g/mol. The van der Waals surface area contributed by atoms with E-state index in [0.29, 0.717) is 34.9 Å². The van der Waals surface area contributed by atoms with Crippen molar-refractivity contribution in [3.63, 3.8) is 0 Å². The summed E-state index contributed by atoms with van der Waals surface area (Å²) in [5.74, 6) is -0.315. The minimum Gasteiger partial charge on any atom is -0.397 e. The van der Waals surface area contributed by atoms with Crippen molar-refractivity contribution in [2.45, 2.75) is 6.54 Å². The first-order chi connectivity index (χ1) is 13.2. The van der Waals surface area contributed by atoms with Crippen LogP contribution in [0.25, 0.3) is 0 Å². The van der Waals surface area contributed by atoms with Crippen molar-refractivity contribution in [2.75, 3.05) is 13.6 Å². The van der Waals surface area contributed by atoms with E-state index in [-0.39, 0.29) is 12.4 Å². The third-order valence-electron chi connectivity index (χ3n) is 3.82. The Bertz CT molecular complexity index is 941. The van der Waals surface area contributed by atoms with Gasteiger partial charge in [-0.3, -0.25) is 15.0 Å². The second-order valence-corrected chi connectivity index (χ2v) is 5.66. The number of allylic oxidation sites excluding steroid dienone is 2. The predicted octanol–water partition coefficient (Wildman–Crippen LogP) is 2.23. The first-order valence-corrected chi connectivity index (χ1v) is 8.28. The van der Waals surface area contributed by atoms with Crippen molar-refractivity contribution >= 4 is 17.6 Å². The quantitative estimate of drug-likeness (QED) is 0.766. The van der Waals surface area contributed by atoms with Gasteiger partial charge in [0.25, 0.3) is 0 Å². The smallest absolute Gasteiger partial charge is 0.131 e. The summed E-state index contributed by atoms with van der Waals surface area (Å²) in [5, 5.41) is 6.88. The number of nitrogens with zero attached hydrogens (tertiary/aromatic N) is 4. The van der Waals surface area contributed by atoms with Crippen LogP contribution in [0.3, 0.4) is 0 Å². The highest BCUT2D eigenvalue weighted by atomic mass is 19.1. The Morgan fingerprint density at radius 3 is 2.96 bits per heavy atom. The zero-order valence-corrected chi connectivity index (χ0v) is 14.8. The van der Waals surface area contributed by atoms with Crippen LogP contribution >= 0.6 is 0 Å². The second kappa shape index (κ2) is 8.70. The monoisotopic (exact) mass is 366 g/mol. The van der Waals surface area contributed by atoms with E-state index in [1.807, 2.05) is 0 Å². The third kappa shape index (κ3) is 4.75. The van der Waals surface area contributed by atoms with Crippen LogP contribution in [-0.4, -0.2) is 36.4 Å². The van der Waals surface area contributed by atoms with Gasteiger partial charge in [0.15, 0.2) is 0 Å². The van der Waals surface area contributed by atoms with E-state index in [9.17, 15) is 4.39 Å². The van der Waals surface area contributed by atoms with E-state index < -0.39 is 0 Å². The van der Waals surface area contributed by atoms with Crippen LogP contribution in [0.5, 0.6) is 0 Å². The van der Waals surface area contributed by atoms with Crippen molar-refractivity contribution in [2.24, 2.45) is 20.7 Å². The fraction of sp³-hybridized carbons (Fsp3) is 0.158. The van der Waals surface area contributed by atoms with Crippen molar-refractivity contribution in [3.8, 4) is 0 Å². The standard InChI is InChI=1S/C19H19FN6O/c1-22-14-10-23-12-19(25-11-14)16(21)8-18(17-6-7-27-26-17)24-9-13-4-2-3-5-15(13)20/h2-8,10-11,22H,9,12,21H2,1H3. The molecule has 0 saturated heterocycles. The summed E-state index contributed by atoms with van der Waals surface area (Å²) in [6, 6.07) is 8.14. The Labute approximate surface area is 155 Å². The summed E-state index contributed by atoms with van der Waals surface area (Å²) >= 11 is 0. The molecule has 1 aromatic carbocycles. The molecule has 0 radical (unpaired) electrons. The van der Waals surface area contributed by atoms with E-state index in [1.54, 1.807) is 49.8 Å². The van der Waals surface area contributed by atoms with E-state index in [1.165, 1.54) is 12.3 Å². The van der Waals surface area contributed by atoms with Gasteiger partial charge < -0.3 is 15.6 Å². The van der Waals surface area contributed by atoms with Crippen LogP contribution in [-0.2, 0) is 6.54 Å². The van der Waals surface area contributed by atoms with Gasteiger partial charge in [0.05, 0.1) is 42.1 Å². The van der Waals surface area contributed by atoms with Crippen LogP contribution < -0.4 is 11.1 Å². The lowest BCUT2D eigenvalue weighted by molar-refractivity contribution is 0.418. The summed E-state index contributed by atoms with van der Waals surface area (Å²) in [6.45, 7) is 0.483. The van der Waals surface area contributed by atoms with Crippen LogP contribution in [0.2, 0.25) is 0 Å². The first kappa shape index (κ1) is 18.2. The number of aromatic nitrogens is 1. The van der Waals surface area contributed by atoms with Crippen molar-refractivity contribution < 1.29 is 8.91 Å². The van der Waals surface area contributed by atoms with Gasteiger partial charge >= 0.3 is 0 Å². The molecule has 27 heavy (non-hydrogen) atoms. The van der Waals surface area contributed by atoms with Crippen molar-refractivity contribution in [1.82, 2.24) is 10.5 Å². The molecule has 8 heteroatoms. The van der Waals surface area contributed by atoms with Crippen LogP contribution in [0.15, 0.2) is 79.8 Å². The Hall–Kier alpha value is -3.55. The molecule has 1 aromatic heterocycles. The highest BCUT2D eigenvalue weighted by Crippen LogP contribution is 2.10. The molecule has 0 saturated carbocycles. The SMILES string of the molecule is CNC1=CN=C(C(N)=CC(=NCc2ccccc2F)c2ccon2)CN=C1. The largest absolute Gasteiger partial charge is 0.397 e. The number of aliphatic imine (C=N–C) groups is 3. The molecule has 3 N–H and O–H groups in total. The van der Waals surface area contributed by atoms with E-state index in [2.05, 4.69) is 25.5 Å². The Morgan fingerprint density at radius 1 is 1.37 bits per heavy atom. The maximum atomic E-state index is 13.9. The van der Waals surface area contributed by atoms with Crippen molar-refractivity contribution in [1.29, 1.82) is 0 Å². The highest BCUT2D eigenvalue weighted by Gasteiger charge is 2.10. The number of halogens is 1.